The third-order valence-corrected chi connectivity index (χ3v) is 9.74. The molecule has 0 saturated heterocycles. The van der Waals surface area contributed by atoms with Crippen LogP contribution in [0.3, 0.4) is 0 Å². The van der Waals surface area contributed by atoms with E-state index in [1.54, 1.807) is 6.92 Å². The summed E-state index contributed by atoms with van der Waals surface area (Å²) in [6.45, 7) is 1.04. The number of primary amides is 1. The lowest BCUT2D eigenvalue weighted by atomic mass is 9.81. The summed E-state index contributed by atoms with van der Waals surface area (Å²) < 4.78 is 55.4. The number of nitrogens with two attached hydrogens (primary N) is 2. The minimum Gasteiger partial charge on any atom is -0.489 e. The van der Waals surface area contributed by atoms with Crippen molar-refractivity contribution < 1.29 is 37.3 Å². The van der Waals surface area contributed by atoms with Gasteiger partial charge in [0.05, 0.1) is 29.1 Å². The van der Waals surface area contributed by atoms with Gasteiger partial charge in [-0.1, -0.05) is 11.6 Å². The monoisotopic (exact) mass is 683 g/mol. The number of aliphatic imine (C=N–C) groups is 1. The van der Waals surface area contributed by atoms with Crippen LogP contribution in [0.5, 0.6) is 11.5 Å². The van der Waals surface area contributed by atoms with E-state index in [1.807, 2.05) is 0 Å². The molecule has 7 rings (SSSR count). The first kappa shape index (κ1) is 32.2. The number of hydrogen-bond donors (Lipinski definition) is 4. The lowest BCUT2D eigenvalue weighted by Gasteiger charge is -2.30. The smallest absolute Gasteiger partial charge is 0.251 e. The molecule has 4 aliphatic rings. The fourth-order valence-corrected chi connectivity index (χ4v) is 5.95. The molecule has 3 saturated carbocycles. The second-order valence-corrected chi connectivity index (χ2v) is 13.7. The maximum absolute atomic E-state index is 15.2. The summed E-state index contributed by atoms with van der Waals surface area (Å²) in [5.74, 6) is -4.97. The van der Waals surface area contributed by atoms with Gasteiger partial charge in [0.2, 0.25) is 5.91 Å². The van der Waals surface area contributed by atoms with Crippen LogP contribution in [-0.4, -0.2) is 53.2 Å². The molecule has 1 aromatic heterocycles. The van der Waals surface area contributed by atoms with Crippen molar-refractivity contribution in [3.63, 3.8) is 0 Å². The normalized spacial score (nSPS) is 22.1. The number of fused-ring (bicyclic) bond motifs is 1. The second kappa shape index (κ2) is 11.4. The summed E-state index contributed by atoms with van der Waals surface area (Å²) in [6, 6.07) is 6.10. The molecule has 2 amide bonds. The number of carbonyl (C=O) groups is 2. The Morgan fingerprint density at radius 1 is 1.19 bits per heavy atom. The summed E-state index contributed by atoms with van der Waals surface area (Å²) in [7, 11) is 0. The molecule has 48 heavy (non-hydrogen) atoms. The molecule has 252 valence electrons. The highest BCUT2D eigenvalue weighted by atomic mass is 35.5. The maximum Gasteiger partial charge on any atom is 0.251 e. The number of hydrogen-bond acceptors (Lipinski definition) is 8. The van der Waals surface area contributed by atoms with Crippen LogP contribution in [0, 0.1) is 17.6 Å². The number of carbonyl (C=O) groups excluding carboxylic acids is 2. The fourth-order valence-electron chi connectivity index (χ4n) is 5.78. The van der Waals surface area contributed by atoms with E-state index in [-0.39, 0.29) is 75.5 Å². The molecule has 2 atom stereocenters. The number of nitrogens with zero attached hydrogens (tertiary/aromatic N) is 2. The first-order chi connectivity index (χ1) is 22.7. The first-order valence-corrected chi connectivity index (χ1v) is 16.1. The molecule has 10 nitrogen and oxygen atoms in total. The number of ether oxygens (including phenoxy) is 2. The van der Waals surface area contributed by atoms with Gasteiger partial charge in [-0.15, -0.1) is 0 Å². The Morgan fingerprint density at radius 2 is 1.92 bits per heavy atom. The van der Waals surface area contributed by atoms with Crippen LogP contribution in [0.2, 0.25) is 5.02 Å². The molecule has 2 heterocycles. The summed E-state index contributed by atoms with van der Waals surface area (Å²) in [5, 5.41) is 14.6. The van der Waals surface area contributed by atoms with Gasteiger partial charge in [-0.2, -0.15) is 0 Å². The van der Waals surface area contributed by atoms with Gasteiger partial charge in [-0.3, -0.25) is 14.6 Å². The molecule has 0 spiro atoms. The Morgan fingerprint density at radius 3 is 2.56 bits per heavy atom. The Labute approximate surface area is 278 Å². The Balaban J connectivity index is 1.25. The lowest BCUT2D eigenvalue weighted by molar-refractivity contribution is -0.123. The van der Waals surface area contributed by atoms with E-state index in [1.165, 1.54) is 24.4 Å². The van der Waals surface area contributed by atoms with E-state index < -0.39 is 40.3 Å². The number of amides is 2. The summed E-state index contributed by atoms with van der Waals surface area (Å²) in [6.07, 6.45) is 4.73. The average Bonchev–Trinajstić information content (AvgIpc) is 3.94. The van der Waals surface area contributed by atoms with Crippen LogP contribution >= 0.6 is 11.6 Å². The number of aliphatic hydroxyl groups is 1. The van der Waals surface area contributed by atoms with Crippen molar-refractivity contribution in [2.75, 3.05) is 18.9 Å². The number of aromatic nitrogens is 1. The SMILES string of the molecule is C[C@]1(C(N)=O)COc2c1cc([C@@](O)(CNC(=O)c1cc(/C=N/C3(F)CC3)c(N)c(OC3CC3)c1)C1CC1)nc2-c1cc(Cl)c(F)cc1F. The number of nitrogen functional groups attached to an aromatic ring is 1. The van der Waals surface area contributed by atoms with E-state index in [4.69, 9.17) is 32.5 Å². The third-order valence-electron chi connectivity index (χ3n) is 9.45. The molecule has 3 aliphatic carbocycles. The average molecular weight is 684 g/mol. The van der Waals surface area contributed by atoms with Crippen molar-refractivity contribution in [2.24, 2.45) is 16.6 Å². The number of rotatable bonds is 11. The van der Waals surface area contributed by atoms with Crippen LogP contribution in [0.1, 0.15) is 72.6 Å². The van der Waals surface area contributed by atoms with E-state index in [0.717, 1.165) is 18.9 Å². The zero-order valence-electron chi connectivity index (χ0n) is 25.9. The van der Waals surface area contributed by atoms with Crippen LogP contribution in [0.25, 0.3) is 11.3 Å². The zero-order valence-corrected chi connectivity index (χ0v) is 26.7. The molecular weight excluding hydrogens is 651 g/mol. The second-order valence-electron chi connectivity index (χ2n) is 13.3. The Bertz CT molecular complexity index is 1900. The highest BCUT2D eigenvalue weighted by molar-refractivity contribution is 6.31. The van der Waals surface area contributed by atoms with E-state index in [9.17, 15) is 23.5 Å². The van der Waals surface area contributed by atoms with Crippen molar-refractivity contribution in [3.8, 4) is 22.8 Å². The lowest BCUT2D eigenvalue weighted by Crippen LogP contribution is -2.44. The number of alkyl halides is 1. The topological polar surface area (TPSA) is 162 Å². The Kier molecular flexibility index (Phi) is 7.63. The van der Waals surface area contributed by atoms with Gasteiger partial charge in [0.25, 0.3) is 5.91 Å². The summed E-state index contributed by atoms with van der Waals surface area (Å²) >= 11 is 6.01. The first-order valence-electron chi connectivity index (χ1n) is 15.7. The highest BCUT2D eigenvalue weighted by Gasteiger charge is 2.50. The van der Waals surface area contributed by atoms with Gasteiger partial charge >= 0.3 is 0 Å². The van der Waals surface area contributed by atoms with Crippen molar-refractivity contribution in [2.45, 2.75) is 68.4 Å². The van der Waals surface area contributed by atoms with Crippen molar-refractivity contribution in [3.05, 3.63) is 69.4 Å². The van der Waals surface area contributed by atoms with Gasteiger partial charge in [-0.25, -0.2) is 18.2 Å². The zero-order chi connectivity index (χ0) is 34.2. The molecular formula is C34H33ClF3N5O5. The van der Waals surface area contributed by atoms with E-state index >= 15 is 4.39 Å². The fraction of sp³-hybridized carbons (Fsp3) is 0.412. The maximum atomic E-state index is 15.2. The molecule has 1 aliphatic heterocycles. The Hall–Kier alpha value is -4.36. The quantitative estimate of drug-likeness (QED) is 0.0973. The summed E-state index contributed by atoms with van der Waals surface area (Å²) in [5.41, 5.74) is 9.56. The molecule has 6 N–H and O–H groups in total. The minimum atomic E-state index is -1.79. The van der Waals surface area contributed by atoms with Gasteiger partial charge in [-0.05, 0) is 62.8 Å². The molecule has 3 aromatic rings. The summed E-state index contributed by atoms with van der Waals surface area (Å²) in [4.78, 5) is 34.9. The van der Waals surface area contributed by atoms with Crippen molar-refractivity contribution in [1.82, 2.24) is 10.3 Å². The van der Waals surface area contributed by atoms with Crippen LogP contribution in [0.15, 0.2) is 35.3 Å². The minimum absolute atomic E-state index is 0.0254. The number of pyridine rings is 1. The van der Waals surface area contributed by atoms with Crippen LogP contribution in [-0.2, 0) is 15.8 Å². The predicted octanol–water partition coefficient (Wildman–Crippen LogP) is 4.85. The third kappa shape index (κ3) is 5.83. The molecule has 0 radical (unpaired) electrons. The predicted molar refractivity (Wildman–Crippen MR) is 171 cm³/mol. The van der Waals surface area contributed by atoms with Crippen LogP contribution < -0.4 is 26.3 Å². The molecule has 0 unspecified atom stereocenters. The molecule has 3 fully saturated rings. The number of nitrogens with one attached hydrogen (secondary N) is 1. The molecule has 2 aromatic carbocycles. The molecule has 14 heteroatoms. The number of benzene rings is 2. The van der Waals surface area contributed by atoms with Crippen LogP contribution in [0.4, 0.5) is 18.9 Å². The largest absolute Gasteiger partial charge is 0.489 e. The van der Waals surface area contributed by atoms with Gasteiger partial charge in [0, 0.05) is 47.4 Å². The van der Waals surface area contributed by atoms with Crippen molar-refractivity contribution >= 4 is 35.3 Å². The van der Waals surface area contributed by atoms with Gasteiger partial charge < -0.3 is 31.4 Å². The van der Waals surface area contributed by atoms with E-state index in [0.29, 0.717) is 37.3 Å². The number of halogens is 4. The highest BCUT2D eigenvalue weighted by Crippen LogP contribution is 2.50. The van der Waals surface area contributed by atoms with Crippen molar-refractivity contribution in [1.29, 1.82) is 0 Å². The number of anilines is 1. The van der Waals surface area contributed by atoms with Gasteiger partial charge in [0.15, 0.2) is 5.79 Å². The molecule has 0 bridgehead atoms. The standard InChI is InChI=1S/C34H33ClF3N5O5/c1-32(31(40)45)15-47-29-21(32)11-26(43-28(29)20-10-22(35)24(37)12-23(20)36)34(46,18-2-3-18)14-41-30(44)16-8-17(13-42-33(38)6-7-33)27(39)25(9-16)48-19-4-5-19/h8-13,18-19,46H,2-7,14-15,39H2,1H3,(H2,40,45)(H,41,44)/b42-13+/t32-,34+/m0/s1. The van der Waals surface area contributed by atoms with E-state index in [2.05, 4.69) is 15.3 Å². The van der Waals surface area contributed by atoms with Gasteiger partial charge in [0.1, 0.15) is 46.5 Å².